The van der Waals surface area contributed by atoms with Crippen LogP contribution >= 0.6 is 0 Å². The Bertz CT molecular complexity index is 798. The van der Waals surface area contributed by atoms with E-state index in [1.165, 1.54) is 0 Å². The van der Waals surface area contributed by atoms with Gasteiger partial charge in [0.25, 0.3) is 5.91 Å². The van der Waals surface area contributed by atoms with Crippen LogP contribution < -0.4 is 5.32 Å². The molecular formula is C19H28N4O2. The molecule has 2 N–H and O–H groups in total. The average Bonchev–Trinajstić information content (AvgIpc) is 3.29. The van der Waals surface area contributed by atoms with E-state index in [0.29, 0.717) is 24.4 Å². The van der Waals surface area contributed by atoms with Gasteiger partial charge in [0.15, 0.2) is 5.65 Å². The molecule has 136 valence electrons. The summed E-state index contributed by atoms with van der Waals surface area (Å²) in [4.78, 5) is 17.6. The zero-order valence-electron chi connectivity index (χ0n) is 15.8. The highest BCUT2D eigenvalue weighted by Crippen LogP contribution is 2.40. The Morgan fingerprint density at radius 3 is 2.68 bits per heavy atom. The number of amides is 1. The lowest BCUT2D eigenvalue weighted by Gasteiger charge is -2.20. The molecule has 1 saturated carbocycles. The molecule has 25 heavy (non-hydrogen) atoms. The van der Waals surface area contributed by atoms with Gasteiger partial charge in [0.1, 0.15) is 0 Å². The average molecular weight is 344 g/mol. The smallest absolute Gasteiger partial charge is 0.252 e. The van der Waals surface area contributed by atoms with Crippen LogP contribution in [0.4, 0.5) is 0 Å². The predicted molar refractivity (Wildman–Crippen MR) is 97.9 cm³/mol. The minimum atomic E-state index is -0.426. The summed E-state index contributed by atoms with van der Waals surface area (Å²) in [5.41, 5.74) is 3.03. The van der Waals surface area contributed by atoms with Crippen molar-refractivity contribution in [3.63, 3.8) is 0 Å². The van der Waals surface area contributed by atoms with Crippen molar-refractivity contribution in [3.8, 4) is 0 Å². The lowest BCUT2D eigenvalue weighted by atomic mass is 10.1. The Balaban J connectivity index is 2.07. The normalized spacial score (nSPS) is 16.2. The minimum absolute atomic E-state index is 0.119. The molecule has 6 nitrogen and oxygen atoms in total. The SMILES string of the molecule is Cc1nn(C(C)(C)C)c2nc(C3CC3)cc(C(=O)NCCC(C)O)c12. The van der Waals surface area contributed by atoms with Gasteiger partial charge < -0.3 is 10.4 Å². The molecule has 6 heteroatoms. The number of hydrogen-bond donors (Lipinski definition) is 2. The lowest BCUT2D eigenvalue weighted by Crippen LogP contribution is -2.27. The number of rotatable bonds is 5. The van der Waals surface area contributed by atoms with Gasteiger partial charge in [0, 0.05) is 18.2 Å². The highest BCUT2D eigenvalue weighted by molar-refractivity contribution is 6.06. The molecular weight excluding hydrogens is 316 g/mol. The fraction of sp³-hybridized carbons (Fsp3) is 0.632. The quantitative estimate of drug-likeness (QED) is 0.874. The van der Waals surface area contributed by atoms with Crippen LogP contribution in [-0.4, -0.2) is 38.4 Å². The Morgan fingerprint density at radius 1 is 1.44 bits per heavy atom. The van der Waals surface area contributed by atoms with E-state index in [2.05, 4.69) is 31.2 Å². The Morgan fingerprint density at radius 2 is 2.12 bits per heavy atom. The van der Waals surface area contributed by atoms with E-state index in [-0.39, 0.29) is 11.4 Å². The van der Waals surface area contributed by atoms with Crippen LogP contribution in [0.3, 0.4) is 0 Å². The van der Waals surface area contributed by atoms with Gasteiger partial charge in [-0.15, -0.1) is 0 Å². The Hall–Kier alpha value is -1.95. The van der Waals surface area contributed by atoms with Crippen LogP contribution in [0.2, 0.25) is 0 Å². The highest BCUT2D eigenvalue weighted by Gasteiger charge is 2.30. The monoisotopic (exact) mass is 344 g/mol. The molecule has 0 aromatic carbocycles. The van der Waals surface area contributed by atoms with Crippen molar-refractivity contribution in [2.24, 2.45) is 0 Å². The van der Waals surface area contributed by atoms with Gasteiger partial charge in [-0.05, 0) is 59.9 Å². The standard InChI is InChI=1S/C19H28N4O2/c1-11(24)8-9-20-18(25)14-10-15(13-6-7-13)21-17-16(14)12(2)22-23(17)19(3,4)5/h10-11,13,24H,6-9H2,1-5H3,(H,20,25). The lowest BCUT2D eigenvalue weighted by molar-refractivity contribution is 0.0947. The molecule has 1 aliphatic rings. The van der Waals surface area contributed by atoms with E-state index in [0.717, 1.165) is 35.3 Å². The zero-order chi connectivity index (χ0) is 18.4. The van der Waals surface area contributed by atoms with Crippen LogP contribution in [0.25, 0.3) is 11.0 Å². The van der Waals surface area contributed by atoms with Crippen molar-refractivity contribution in [1.29, 1.82) is 0 Å². The number of fused-ring (bicyclic) bond motifs is 1. The second kappa shape index (κ2) is 6.41. The fourth-order valence-corrected chi connectivity index (χ4v) is 3.03. The van der Waals surface area contributed by atoms with Crippen LogP contribution in [0.1, 0.15) is 74.6 Å². The minimum Gasteiger partial charge on any atom is -0.393 e. The molecule has 1 amide bonds. The van der Waals surface area contributed by atoms with E-state index in [9.17, 15) is 9.90 Å². The third-order valence-electron chi connectivity index (χ3n) is 4.56. The zero-order valence-corrected chi connectivity index (χ0v) is 15.8. The van der Waals surface area contributed by atoms with Crippen LogP contribution in [0.5, 0.6) is 0 Å². The van der Waals surface area contributed by atoms with Crippen molar-refractivity contribution < 1.29 is 9.90 Å². The van der Waals surface area contributed by atoms with Gasteiger partial charge in [-0.2, -0.15) is 5.10 Å². The third kappa shape index (κ3) is 3.68. The topological polar surface area (TPSA) is 80.0 Å². The molecule has 0 radical (unpaired) electrons. The number of carbonyl (C=O) groups is 1. The molecule has 1 unspecified atom stereocenters. The number of pyridine rings is 1. The number of aromatic nitrogens is 3. The van der Waals surface area contributed by atoms with E-state index in [4.69, 9.17) is 4.98 Å². The maximum absolute atomic E-state index is 12.8. The fourth-order valence-electron chi connectivity index (χ4n) is 3.03. The number of aryl methyl sites for hydroxylation is 1. The highest BCUT2D eigenvalue weighted by atomic mass is 16.3. The second-order valence-corrected chi connectivity index (χ2v) is 8.13. The van der Waals surface area contributed by atoms with E-state index < -0.39 is 6.10 Å². The summed E-state index contributed by atoms with van der Waals surface area (Å²) in [6.07, 6.45) is 2.37. The summed E-state index contributed by atoms with van der Waals surface area (Å²) in [5.74, 6) is 0.337. The van der Waals surface area contributed by atoms with E-state index >= 15 is 0 Å². The summed E-state index contributed by atoms with van der Waals surface area (Å²) in [6, 6.07) is 1.93. The molecule has 2 heterocycles. The number of hydrogen-bond acceptors (Lipinski definition) is 4. The maximum atomic E-state index is 12.8. The maximum Gasteiger partial charge on any atom is 0.252 e. The first-order valence-electron chi connectivity index (χ1n) is 9.05. The summed E-state index contributed by atoms with van der Waals surface area (Å²) in [5, 5.41) is 17.8. The van der Waals surface area contributed by atoms with Gasteiger partial charge in [-0.1, -0.05) is 0 Å². The summed E-state index contributed by atoms with van der Waals surface area (Å²) < 4.78 is 1.93. The van der Waals surface area contributed by atoms with Crippen molar-refractivity contribution >= 4 is 16.9 Å². The first kappa shape index (κ1) is 17.9. The second-order valence-electron chi connectivity index (χ2n) is 8.13. The van der Waals surface area contributed by atoms with E-state index in [1.54, 1.807) is 6.92 Å². The number of nitrogens with zero attached hydrogens (tertiary/aromatic N) is 3. The molecule has 1 fully saturated rings. The first-order valence-corrected chi connectivity index (χ1v) is 9.05. The van der Waals surface area contributed by atoms with Gasteiger partial charge in [-0.3, -0.25) is 4.79 Å². The van der Waals surface area contributed by atoms with Crippen molar-refractivity contribution in [2.75, 3.05) is 6.54 Å². The third-order valence-corrected chi connectivity index (χ3v) is 4.56. The van der Waals surface area contributed by atoms with Gasteiger partial charge in [0.2, 0.25) is 0 Å². The molecule has 1 atom stereocenters. The number of carbonyl (C=O) groups excluding carboxylic acids is 1. The number of nitrogens with one attached hydrogen (secondary N) is 1. The van der Waals surface area contributed by atoms with Gasteiger partial charge >= 0.3 is 0 Å². The van der Waals surface area contributed by atoms with Crippen LogP contribution in [0.15, 0.2) is 6.07 Å². The van der Waals surface area contributed by atoms with Crippen molar-refractivity contribution in [3.05, 3.63) is 23.0 Å². The largest absolute Gasteiger partial charge is 0.393 e. The van der Waals surface area contributed by atoms with Crippen LogP contribution in [-0.2, 0) is 5.54 Å². The van der Waals surface area contributed by atoms with E-state index in [1.807, 2.05) is 17.7 Å². The molecule has 2 aromatic rings. The Labute approximate surface area is 148 Å². The number of aliphatic hydroxyl groups is 1. The molecule has 0 spiro atoms. The molecule has 0 bridgehead atoms. The number of aliphatic hydroxyl groups excluding tert-OH is 1. The Kier molecular flexibility index (Phi) is 4.58. The summed E-state index contributed by atoms with van der Waals surface area (Å²) in [7, 11) is 0. The molecule has 3 rings (SSSR count). The van der Waals surface area contributed by atoms with Crippen LogP contribution in [0, 0.1) is 6.92 Å². The molecule has 0 aliphatic heterocycles. The first-order chi connectivity index (χ1) is 11.7. The molecule has 2 aromatic heterocycles. The molecule has 1 aliphatic carbocycles. The predicted octanol–water partition coefficient (Wildman–Crippen LogP) is 2.87. The van der Waals surface area contributed by atoms with Crippen molar-refractivity contribution in [1.82, 2.24) is 20.1 Å². The molecule has 0 saturated heterocycles. The summed E-state index contributed by atoms with van der Waals surface area (Å²) in [6.45, 7) is 10.4. The van der Waals surface area contributed by atoms with Gasteiger partial charge in [-0.25, -0.2) is 9.67 Å². The van der Waals surface area contributed by atoms with Crippen molar-refractivity contribution in [2.45, 2.75) is 71.4 Å². The summed E-state index contributed by atoms with van der Waals surface area (Å²) >= 11 is 0. The van der Waals surface area contributed by atoms with Gasteiger partial charge in [0.05, 0.1) is 28.3 Å².